The fourth-order valence-corrected chi connectivity index (χ4v) is 7.60. The highest BCUT2D eigenvalue weighted by Gasteiger charge is 2.27. The summed E-state index contributed by atoms with van der Waals surface area (Å²) < 4.78 is 23.5. The molecule has 0 saturated heterocycles. The van der Waals surface area contributed by atoms with Crippen LogP contribution in [0.1, 0.15) is 219 Å². The highest BCUT2D eigenvalue weighted by Crippen LogP contribution is 2.43. The maximum Gasteiger partial charge on any atom is 0.472 e. The molecule has 1 amide bonds. The smallest absolute Gasteiger partial charge is 0.387 e. The SMILES string of the molecule is CCC/C=C\CCCCCCCC(=O)NC(COP(=O)(O)OCC[N+](C)(C)C)C(O)/C=C/CCCCCCCCCCCCCCCCCCCCCCCC. The summed E-state index contributed by atoms with van der Waals surface area (Å²) >= 11 is 0. The normalized spacial score (nSPS) is 14.5. The zero-order chi connectivity index (χ0) is 41.4. The van der Waals surface area contributed by atoms with Crippen LogP contribution in [-0.4, -0.2) is 73.4 Å². The summed E-state index contributed by atoms with van der Waals surface area (Å²) in [6.07, 6.45) is 47.0. The molecule has 9 heteroatoms. The first-order valence-electron chi connectivity index (χ1n) is 23.7. The van der Waals surface area contributed by atoms with Crippen molar-refractivity contribution in [3.05, 3.63) is 24.3 Å². The first kappa shape index (κ1) is 55.0. The number of hydrogen-bond donors (Lipinski definition) is 3. The number of rotatable bonds is 43. The van der Waals surface area contributed by atoms with Crippen LogP contribution in [0.25, 0.3) is 0 Å². The Hall–Kier alpha value is -1.02. The predicted octanol–water partition coefficient (Wildman–Crippen LogP) is 13.3. The van der Waals surface area contributed by atoms with E-state index in [1.165, 1.54) is 141 Å². The maximum atomic E-state index is 12.8. The van der Waals surface area contributed by atoms with E-state index in [2.05, 4.69) is 31.3 Å². The standard InChI is InChI=1S/C47H93N2O6P/c1-6-8-10-12-14-16-18-19-20-21-22-23-24-25-26-27-28-29-30-31-32-34-36-38-40-46(50)45(44-55-56(52,53)54-43-42-49(3,4)5)48-47(51)41-39-37-35-33-17-15-13-11-9-7-2/h11,13,38,40,45-46,50H,6-10,12,14-37,39,41-44H2,1-5H3,(H-,48,51,52,53)/p+1/b13-11-,40-38+. The van der Waals surface area contributed by atoms with E-state index in [-0.39, 0.29) is 19.1 Å². The molecular formula is C47H94N2O6P+. The summed E-state index contributed by atoms with van der Waals surface area (Å²) in [6, 6.07) is -0.847. The number of aliphatic hydroxyl groups excluding tert-OH is 1. The minimum absolute atomic E-state index is 0.0608. The zero-order valence-corrected chi connectivity index (χ0v) is 38.5. The van der Waals surface area contributed by atoms with Crippen molar-refractivity contribution in [2.24, 2.45) is 0 Å². The van der Waals surface area contributed by atoms with Gasteiger partial charge < -0.3 is 19.8 Å². The molecular weight excluding hydrogens is 719 g/mol. The molecule has 3 atom stereocenters. The Balaban J connectivity index is 4.22. The van der Waals surface area contributed by atoms with Gasteiger partial charge in [0.1, 0.15) is 13.2 Å². The van der Waals surface area contributed by atoms with Gasteiger partial charge >= 0.3 is 7.82 Å². The number of allylic oxidation sites excluding steroid dienone is 3. The molecule has 332 valence electrons. The quantitative estimate of drug-likeness (QED) is 0.0245. The molecule has 3 N–H and O–H groups in total. The maximum absolute atomic E-state index is 12.8. The van der Waals surface area contributed by atoms with Crippen molar-refractivity contribution >= 4 is 13.7 Å². The van der Waals surface area contributed by atoms with Crippen LogP contribution >= 0.6 is 7.82 Å². The van der Waals surface area contributed by atoms with Crippen LogP contribution in [0.15, 0.2) is 24.3 Å². The van der Waals surface area contributed by atoms with Crippen LogP contribution in [0.2, 0.25) is 0 Å². The van der Waals surface area contributed by atoms with Crippen molar-refractivity contribution in [2.75, 3.05) is 40.9 Å². The van der Waals surface area contributed by atoms with Gasteiger partial charge in [0.2, 0.25) is 5.91 Å². The van der Waals surface area contributed by atoms with Crippen LogP contribution in [0.3, 0.4) is 0 Å². The minimum atomic E-state index is -4.33. The Morgan fingerprint density at radius 1 is 0.589 bits per heavy atom. The van der Waals surface area contributed by atoms with E-state index < -0.39 is 20.0 Å². The van der Waals surface area contributed by atoms with E-state index in [0.29, 0.717) is 17.4 Å². The van der Waals surface area contributed by atoms with Gasteiger partial charge in [-0.2, -0.15) is 0 Å². The van der Waals surface area contributed by atoms with Crippen LogP contribution in [0.4, 0.5) is 0 Å². The van der Waals surface area contributed by atoms with Crippen LogP contribution in [-0.2, 0) is 18.4 Å². The lowest BCUT2D eigenvalue weighted by Crippen LogP contribution is -2.45. The van der Waals surface area contributed by atoms with Crippen molar-refractivity contribution < 1.29 is 32.9 Å². The van der Waals surface area contributed by atoms with Gasteiger partial charge in [0, 0.05) is 6.42 Å². The van der Waals surface area contributed by atoms with Gasteiger partial charge in [0.05, 0.1) is 39.9 Å². The number of aliphatic hydroxyl groups is 1. The minimum Gasteiger partial charge on any atom is -0.387 e. The number of quaternary nitrogens is 1. The van der Waals surface area contributed by atoms with E-state index in [1.54, 1.807) is 6.08 Å². The van der Waals surface area contributed by atoms with E-state index in [9.17, 15) is 19.4 Å². The van der Waals surface area contributed by atoms with E-state index >= 15 is 0 Å². The van der Waals surface area contributed by atoms with Crippen molar-refractivity contribution in [1.82, 2.24) is 5.32 Å². The Bertz CT molecular complexity index is 969. The highest BCUT2D eigenvalue weighted by molar-refractivity contribution is 7.47. The molecule has 0 aromatic rings. The molecule has 3 unspecified atom stereocenters. The third-order valence-electron chi connectivity index (χ3n) is 10.6. The molecule has 0 aliphatic rings. The molecule has 56 heavy (non-hydrogen) atoms. The van der Waals surface area contributed by atoms with Gasteiger partial charge in [0.25, 0.3) is 0 Å². The van der Waals surface area contributed by atoms with E-state index in [1.807, 2.05) is 27.2 Å². The number of likely N-dealkylation sites (N-methyl/N-ethyl adjacent to an activating group) is 1. The summed E-state index contributed by atoms with van der Waals surface area (Å²) in [4.78, 5) is 23.0. The van der Waals surface area contributed by atoms with Crippen LogP contribution in [0.5, 0.6) is 0 Å². The Morgan fingerprint density at radius 2 is 1.00 bits per heavy atom. The fraction of sp³-hybridized carbons (Fsp3) is 0.894. The summed E-state index contributed by atoms with van der Waals surface area (Å²) in [5.74, 6) is -0.188. The molecule has 0 heterocycles. The molecule has 0 rings (SSSR count). The van der Waals surface area contributed by atoms with Gasteiger partial charge in [-0.1, -0.05) is 199 Å². The fourth-order valence-electron chi connectivity index (χ4n) is 6.87. The average molecular weight is 814 g/mol. The third-order valence-corrected chi connectivity index (χ3v) is 11.6. The predicted molar refractivity (Wildman–Crippen MR) is 240 cm³/mol. The second kappa shape index (κ2) is 39.4. The zero-order valence-electron chi connectivity index (χ0n) is 37.6. The number of carbonyl (C=O) groups excluding carboxylic acids is 1. The molecule has 0 fully saturated rings. The Labute approximate surface area is 347 Å². The first-order valence-corrected chi connectivity index (χ1v) is 25.2. The number of amides is 1. The number of unbranched alkanes of at least 4 members (excludes halogenated alkanes) is 28. The van der Waals surface area contributed by atoms with Crippen molar-refractivity contribution in [3.63, 3.8) is 0 Å². The Kier molecular flexibility index (Phi) is 38.7. The number of nitrogens with one attached hydrogen (secondary N) is 1. The Morgan fingerprint density at radius 3 is 1.45 bits per heavy atom. The summed E-state index contributed by atoms with van der Waals surface area (Å²) in [6.45, 7) is 4.75. The number of carbonyl (C=O) groups is 1. The molecule has 0 aromatic heterocycles. The van der Waals surface area contributed by atoms with Crippen LogP contribution < -0.4 is 5.32 Å². The molecule has 0 saturated carbocycles. The molecule has 0 spiro atoms. The van der Waals surface area contributed by atoms with Gasteiger partial charge in [0.15, 0.2) is 0 Å². The van der Waals surface area contributed by atoms with Gasteiger partial charge in [-0.15, -0.1) is 0 Å². The summed E-state index contributed by atoms with van der Waals surface area (Å²) in [5, 5.41) is 13.8. The van der Waals surface area contributed by atoms with Crippen molar-refractivity contribution in [1.29, 1.82) is 0 Å². The molecule has 0 aliphatic carbocycles. The lowest BCUT2D eigenvalue weighted by molar-refractivity contribution is -0.870. The summed E-state index contributed by atoms with van der Waals surface area (Å²) in [5.41, 5.74) is 0. The number of hydrogen-bond acceptors (Lipinski definition) is 5. The topological polar surface area (TPSA) is 105 Å². The second-order valence-electron chi connectivity index (χ2n) is 17.5. The monoisotopic (exact) mass is 814 g/mol. The lowest BCUT2D eigenvalue weighted by Gasteiger charge is -2.25. The molecule has 8 nitrogen and oxygen atoms in total. The van der Waals surface area contributed by atoms with E-state index in [4.69, 9.17) is 9.05 Å². The van der Waals surface area contributed by atoms with Crippen molar-refractivity contribution in [2.45, 2.75) is 231 Å². The van der Waals surface area contributed by atoms with Gasteiger partial charge in [-0.05, 0) is 38.5 Å². The van der Waals surface area contributed by atoms with E-state index in [0.717, 1.165) is 57.8 Å². The molecule has 0 radical (unpaired) electrons. The molecule has 0 aliphatic heterocycles. The summed E-state index contributed by atoms with van der Waals surface area (Å²) in [7, 11) is 1.57. The number of nitrogens with zero attached hydrogens (tertiary/aromatic N) is 1. The highest BCUT2D eigenvalue weighted by atomic mass is 31.2. The number of phosphoric acid groups is 1. The lowest BCUT2D eigenvalue weighted by atomic mass is 10.0. The molecule has 0 bridgehead atoms. The van der Waals surface area contributed by atoms with Crippen molar-refractivity contribution in [3.8, 4) is 0 Å². The number of phosphoric ester groups is 1. The third kappa shape index (κ3) is 41.2. The van der Waals surface area contributed by atoms with Gasteiger partial charge in [-0.25, -0.2) is 4.57 Å². The molecule has 0 aromatic carbocycles. The second-order valence-corrected chi connectivity index (χ2v) is 18.9. The largest absolute Gasteiger partial charge is 0.472 e. The average Bonchev–Trinajstić information content (AvgIpc) is 3.15. The van der Waals surface area contributed by atoms with Crippen LogP contribution in [0, 0.1) is 0 Å². The van der Waals surface area contributed by atoms with Gasteiger partial charge in [-0.3, -0.25) is 13.8 Å². The first-order chi connectivity index (χ1) is 27.0.